The zero-order chi connectivity index (χ0) is 18.4. The zero-order valence-corrected chi connectivity index (χ0v) is 13.9. The monoisotopic (exact) mass is 343 g/mol. The Labute approximate surface area is 144 Å². The second-order valence-electron chi connectivity index (χ2n) is 5.15. The van der Waals surface area contributed by atoms with Crippen LogP contribution in [-0.2, 0) is 15.9 Å². The summed E-state index contributed by atoms with van der Waals surface area (Å²) in [5.74, 6) is -1.13. The van der Waals surface area contributed by atoms with Crippen LogP contribution in [0.5, 0.6) is 0 Å². The lowest BCUT2D eigenvalue weighted by Gasteiger charge is -2.09. The van der Waals surface area contributed by atoms with E-state index in [1.807, 2.05) is 0 Å². The summed E-state index contributed by atoms with van der Waals surface area (Å²) >= 11 is 0. The summed E-state index contributed by atoms with van der Waals surface area (Å²) in [6.07, 6.45) is 0.157. The third-order valence-electron chi connectivity index (χ3n) is 3.60. The molecule has 0 aliphatic carbocycles. The number of ether oxygens (including phenoxy) is 2. The van der Waals surface area contributed by atoms with Crippen molar-refractivity contribution in [3.63, 3.8) is 0 Å². The summed E-state index contributed by atoms with van der Waals surface area (Å²) in [4.78, 5) is 34.4. The van der Waals surface area contributed by atoms with Crippen LogP contribution >= 0.6 is 0 Å². The average Bonchev–Trinajstić information content (AvgIpc) is 2.61. The van der Waals surface area contributed by atoms with Gasteiger partial charge in [-0.15, -0.1) is 0 Å². The van der Waals surface area contributed by atoms with Crippen molar-refractivity contribution in [1.29, 1.82) is 0 Å². The van der Waals surface area contributed by atoms with E-state index in [2.05, 4.69) is 0 Å². The smallest absolute Gasteiger partial charge is 0.338 e. The average molecular weight is 343 g/mol. The number of nitro benzene ring substituents is 1. The lowest BCUT2D eigenvalue weighted by Crippen LogP contribution is -2.08. The molecule has 0 aliphatic rings. The molecule has 0 spiro atoms. The largest absolute Gasteiger partial charge is 0.465 e. The number of carbonyl (C=O) groups is 2. The Morgan fingerprint density at radius 2 is 1.80 bits per heavy atom. The highest BCUT2D eigenvalue weighted by molar-refractivity contribution is 5.91. The van der Waals surface area contributed by atoms with Crippen LogP contribution in [0.25, 0.3) is 0 Å². The van der Waals surface area contributed by atoms with E-state index in [1.165, 1.54) is 25.3 Å². The van der Waals surface area contributed by atoms with E-state index in [-0.39, 0.29) is 24.3 Å². The first-order valence-electron chi connectivity index (χ1n) is 7.58. The maximum Gasteiger partial charge on any atom is 0.338 e. The quantitative estimate of drug-likeness (QED) is 0.454. The fourth-order valence-corrected chi connectivity index (χ4v) is 2.41. The molecular formula is C18H17NO6. The van der Waals surface area contributed by atoms with Crippen LogP contribution in [0.1, 0.15) is 38.8 Å². The summed E-state index contributed by atoms with van der Waals surface area (Å²) in [5.41, 5.74) is 1.23. The molecule has 7 nitrogen and oxygen atoms in total. The molecular weight excluding hydrogens is 326 g/mol. The van der Waals surface area contributed by atoms with Crippen LogP contribution in [0.4, 0.5) is 5.69 Å². The van der Waals surface area contributed by atoms with Crippen molar-refractivity contribution in [2.75, 3.05) is 13.7 Å². The Morgan fingerprint density at radius 1 is 1.08 bits per heavy atom. The summed E-state index contributed by atoms with van der Waals surface area (Å²) in [6.45, 7) is 1.84. The molecule has 0 bridgehead atoms. The van der Waals surface area contributed by atoms with E-state index in [1.54, 1.807) is 31.2 Å². The van der Waals surface area contributed by atoms with Crippen LogP contribution in [-0.4, -0.2) is 30.6 Å². The fourth-order valence-electron chi connectivity index (χ4n) is 2.41. The van der Waals surface area contributed by atoms with Crippen molar-refractivity contribution in [2.24, 2.45) is 0 Å². The molecule has 0 atom stereocenters. The van der Waals surface area contributed by atoms with Crippen LogP contribution in [0, 0.1) is 10.1 Å². The lowest BCUT2D eigenvalue weighted by atomic mass is 9.97. The second kappa shape index (κ2) is 8.05. The number of hydrogen-bond acceptors (Lipinski definition) is 6. The van der Waals surface area contributed by atoms with Gasteiger partial charge in [0.05, 0.1) is 29.8 Å². The number of nitrogens with zero attached hydrogens (tertiary/aromatic N) is 1. The molecule has 130 valence electrons. The lowest BCUT2D eigenvalue weighted by molar-refractivity contribution is -0.385. The number of esters is 2. The second-order valence-corrected chi connectivity index (χ2v) is 5.15. The van der Waals surface area contributed by atoms with Crippen LogP contribution < -0.4 is 0 Å². The van der Waals surface area contributed by atoms with E-state index in [0.717, 1.165) is 0 Å². The number of rotatable bonds is 6. The van der Waals surface area contributed by atoms with Gasteiger partial charge in [-0.25, -0.2) is 9.59 Å². The van der Waals surface area contributed by atoms with E-state index < -0.39 is 16.9 Å². The van der Waals surface area contributed by atoms with Gasteiger partial charge >= 0.3 is 11.9 Å². The molecule has 7 heteroatoms. The Kier molecular flexibility index (Phi) is 5.84. The highest BCUT2D eigenvalue weighted by Gasteiger charge is 2.20. The number of hydrogen-bond donors (Lipinski definition) is 0. The number of carbonyl (C=O) groups excluding carboxylic acids is 2. The molecule has 2 aromatic carbocycles. The van der Waals surface area contributed by atoms with E-state index >= 15 is 0 Å². The van der Waals surface area contributed by atoms with Crippen molar-refractivity contribution in [2.45, 2.75) is 13.3 Å². The van der Waals surface area contributed by atoms with Crippen LogP contribution in [0.3, 0.4) is 0 Å². The van der Waals surface area contributed by atoms with E-state index in [9.17, 15) is 19.7 Å². The summed E-state index contributed by atoms with van der Waals surface area (Å²) < 4.78 is 9.60. The molecule has 0 amide bonds. The molecule has 0 saturated carbocycles. The minimum absolute atomic E-state index is 0.110. The van der Waals surface area contributed by atoms with Crippen molar-refractivity contribution < 1.29 is 24.0 Å². The Balaban J connectivity index is 2.42. The van der Waals surface area contributed by atoms with Gasteiger partial charge < -0.3 is 9.47 Å². The van der Waals surface area contributed by atoms with Gasteiger partial charge in [-0.3, -0.25) is 10.1 Å². The Bertz CT molecular complexity index is 815. The number of methoxy groups -OCH3 is 1. The Morgan fingerprint density at radius 3 is 2.44 bits per heavy atom. The van der Waals surface area contributed by atoms with Crippen molar-refractivity contribution in [3.8, 4) is 0 Å². The van der Waals surface area contributed by atoms with Gasteiger partial charge in [0.2, 0.25) is 0 Å². The topological polar surface area (TPSA) is 95.7 Å². The third kappa shape index (κ3) is 4.20. The highest BCUT2D eigenvalue weighted by atomic mass is 16.6. The van der Waals surface area contributed by atoms with Gasteiger partial charge in [0, 0.05) is 18.1 Å². The standard InChI is InChI=1S/C18H17NO6/c1-3-25-17(20)14-9-8-13(16(11-14)19(22)23)10-12-6-4-5-7-15(12)18(21)24-2/h4-9,11H,3,10H2,1-2H3. The first-order valence-corrected chi connectivity index (χ1v) is 7.58. The van der Waals surface area contributed by atoms with Gasteiger partial charge in [-0.2, -0.15) is 0 Å². The van der Waals surface area contributed by atoms with Crippen molar-refractivity contribution in [1.82, 2.24) is 0 Å². The maximum absolute atomic E-state index is 11.8. The van der Waals surface area contributed by atoms with Gasteiger partial charge in [-0.05, 0) is 24.6 Å². The molecule has 0 heterocycles. The summed E-state index contributed by atoms with van der Waals surface area (Å²) in [5, 5.41) is 11.4. The normalized spacial score (nSPS) is 10.2. The fraction of sp³-hybridized carbons (Fsp3) is 0.222. The minimum Gasteiger partial charge on any atom is -0.465 e. The third-order valence-corrected chi connectivity index (χ3v) is 3.60. The molecule has 2 rings (SSSR count). The van der Waals surface area contributed by atoms with Crippen molar-refractivity contribution >= 4 is 17.6 Å². The van der Waals surface area contributed by atoms with Gasteiger partial charge in [-0.1, -0.05) is 24.3 Å². The molecule has 2 aromatic rings. The molecule has 0 radical (unpaired) electrons. The molecule has 0 unspecified atom stereocenters. The van der Waals surface area contributed by atoms with Crippen LogP contribution in [0.15, 0.2) is 42.5 Å². The molecule has 0 aromatic heterocycles. The molecule has 0 saturated heterocycles. The zero-order valence-electron chi connectivity index (χ0n) is 13.9. The highest BCUT2D eigenvalue weighted by Crippen LogP contribution is 2.25. The molecule has 0 aliphatic heterocycles. The predicted octanol–water partition coefficient (Wildman–Crippen LogP) is 3.15. The summed E-state index contributed by atoms with van der Waals surface area (Å²) in [7, 11) is 1.27. The maximum atomic E-state index is 11.8. The molecule has 0 fully saturated rings. The van der Waals surface area contributed by atoms with Crippen molar-refractivity contribution in [3.05, 3.63) is 74.8 Å². The first kappa shape index (κ1) is 18.1. The first-order chi connectivity index (χ1) is 12.0. The van der Waals surface area contributed by atoms with Gasteiger partial charge in [0.1, 0.15) is 0 Å². The minimum atomic E-state index is -0.618. The van der Waals surface area contributed by atoms with Gasteiger partial charge in [0.15, 0.2) is 0 Å². The predicted molar refractivity (Wildman–Crippen MR) is 89.6 cm³/mol. The van der Waals surface area contributed by atoms with Gasteiger partial charge in [0.25, 0.3) is 5.69 Å². The van der Waals surface area contributed by atoms with E-state index in [4.69, 9.17) is 9.47 Å². The number of benzene rings is 2. The Hall–Kier alpha value is -3.22. The summed E-state index contributed by atoms with van der Waals surface area (Å²) in [6, 6.07) is 10.9. The number of nitro groups is 1. The van der Waals surface area contributed by atoms with Crippen LogP contribution in [0.2, 0.25) is 0 Å². The SMILES string of the molecule is CCOC(=O)c1ccc(Cc2ccccc2C(=O)OC)c([N+](=O)[O-])c1. The van der Waals surface area contributed by atoms with E-state index in [0.29, 0.717) is 16.7 Å². The molecule has 0 N–H and O–H groups in total. The molecule has 25 heavy (non-hydrogen) atoms.